The van der Waals surface area contributed by atoms with Crippen LogP contribution in [0.4, 0.5) is 5.82 Å². The van der Waals surface area contributed by atoms with E-state index in [0.717, 1.165) is 0 Å². The molecular weight excluding hydrogens is 192 g/mol. The Labute approximate surface area is 89.7 Å². The number of ether oxygens (including phenoxy) is 1. The average Bonchev–Trinajstić information content (AvgIpc) is 2.15. The summed E-state index contributed by atoms with van der Waals surface area (Å²) in [6.07, 6.45) is 0. The van der Waals surface area contributed by atoms with Crippen molar-refractivity contribution in [3.8, 4) is 0 Å². The third kappa shape index (κ3) is 3.58. The molecule has 0 aliphatic carbocycles. The maximum Gasteiger partial charge on any atom is 0.357 e. The molecule has 0 spiro atoms. The molecule has 0 saturated carbocycles. The van der Waals surface area contributed by atoms with Crippen LogP contribution in [0.2, 0.25) is 0 Å². The third-order valence-corrected chi connectivity index (χ3v) is 1.61. The molecule has 15 heavy (non-hydrogen) atoms. The van der Waals surface area contributed by atoms with Gasteiger partial charge in [-0.05, 0) is 32.9 Å². The lowest BCUT2D eigenvalue weighted by atomic mass is 10.2. The van der Waals surface area contributed by atoms with E-state index in [-0.39, 0.29) is 0 Å². The van der Waals surface area contributed by atoms with Crippen LogP contribution in [0.3, 0.4) is 0 Å². The first-order chi connectivity index (χ1) is 6.92. The summed E-state index contributed by atoms with van der Waals surface area (Å²) in [5, 5.41) is 2.87. The fourth-order valence-corrected chi connectivity index (χ4v) is 1.02. The standard InChI is InChI=1S/C11H16N2O2/c1-11(2,3)15-10(14)8-6-5-7-9(12-4)13-8/h5-7H,1-4H3,(H,12,13). The lowest BCUT2D eigenvalue weighted by Gasteiger charge is -2.19. The van der Waals surface area contributed by atoms with Crippen molar-refractivity contribution in [3.05, 3.63) is 23.9 Å². The number of pyridine rings is 1. The van der Waals surface area contributed by atoms with Crippen molar-refractivity contribution < 1.29 is 9.53 Å². The van der Waals surface area contributed by atoms with Crippen molar-refractivity contribution in [2.75, 3.05) is 12.4 Å². The fraction of sp³-hybridized carbons (Fsp3) is 0.455. The summed E-state index contributed by atoms with van der Waals surface area (Å²) in [7, 11) is 1.75. The van der Waals surface area contributed by atoms with Crippen molar-refractivity contribution >= 4 is 11.8 Å². The van der Waals surface area contributed by atoms with Crippen LogP contribution >= 0.6 is 0 Å². The number of hydrogen-bond acceptors (Lipinski definition) is 4. The second-order valence-corrected chi connectivity index (χ2v) is 4.16. The lowest BCUT2D eigenvalue weighted by molar-refractivity contribution is 0.00630. The van der Waals surface area contributed by atoms with Gasteiger partial charge in [0.2, 0.25) is 0 Å². The molecule has 82 valence electrons. The maximum atomic E-state index is 11.6. The van der Waals surface area contributed by atoms with Crippen LogP contribution in [0.5, 0.6) is 0 Å². The molecule has 0 atom stereocenters. The van der Waals surface area contributed by atoms with Crippen molar-refractivity contribution in [2.45, 2.75) is 26.4 Å². The van der Waals surface area contributed by atoms with E-state index < -0.39 is 11.6 Å². The Morgan fingerprint density at radius 2 is 2.07 bits per heavy atom. The van der Waals surface area contributed by atoms with E-state index >= 15 is 0 Å². The predicted octanol–water partition coefficient (Wildman–Crippen LogP) is 2.08. The van der Waals surface area contributed by atoms with Crippen LogP contribution in [0.15, 0.2) is 18.2 Å². The third-order valence-electron chi connectivity index (χ3n) is 1.61. The number of esters is 1. The minimum Gasteiger partial charge on any atom is -0.455 e. The van der Waals surface area contributed by atoms with E-state index in [2.05, 4.69) is 10.3 Å². The Morgan fingerprint density at radius 1 is 1.40 bits per heavy atom. The van der Waals surface area contributed by atoms with Gasteiger partial charge >= 0.3 is 5.97 Å². The van der Waals surface area contributed by atoms with Gasteiger partial charge in [-0.25, -0.2) is 9.78 Å². The number of nitrogens with one attached hydrogen (secondary N) is 1. The number of carbonyl (C=O) groups is 1. The monoisotopic (exact) mass is 208 g/mol. The van der Waals surface area contributed by atoms with Crippen LogP contribution in [0.25, 0.3) is 0 Å². The van der Waals surface area contributed by atoms with Crippen LogP contribution in [-0.4, -0.2) is 23.6 Å². The number of hydrogen-bond donors (Lipinski definition) is 1. The molecule has 0 aromatic carbocycles. The zero-order valence-electron chi connectivity index (χ0n) is 9.50. The molecule has 0 radical (unpaired) electrons. The van der Waals surface area contributed by atoms with E-state index in [1.165, 1.54) is 0 Å². The van der Waals surface area contributed by atoms with Crippen molar-refractivity contribution in [3.63, 3.8) is 0 Å². The minimum atomic E-state index is -0.492. The molecule has 0 saturated heterocycles. The van der Waals surface area contributed by atoms with Crippen molar-refractivity contribution in [1.29, 1.82) is 0 Å². The summed E-state index contributed by atoms with van der Waals surface area (Å²) >= 11 is 0. The highest BCUT2D eigenvalue weighted by molar-refractivity contribution is 5.87. The Kier molecular flexibility index (Phi) is 3.29. The summed E-state index contributed by atoms with van der Waals surface area (Å²) in [6.45, 7) is 5.48. The molecular formula is C11H16N2O2. The smallest absolute Gasteiger partial charge is 0.357 e. The van der Waals surface area contributed by atoms with E-state index in [1.807, 2.05) is 20.8 Å². The molecule has 0 bridgehead atoms. The molecule has 0 unspecified atom stereocenters. The van der Waals surface area contributed by atoms with Crippen molar-refractivity contribution in [2.24, 2.45) is 0 Å². The molecule has 1 aromatic heterocycles. The van der Waals surface area contributed by atoms with E-state index in [4.69, 9.17) is 4.74 Å². The van der Waals surface area contributed by atoms with Gasteiger partial charge < -0.3 is 10.1 Å². The molecule has 1 N–H and O–H groups in total. The quantitative estimate of drug-likeness (QED) is 0.756. The molecule has 4 nitrogen and oxygen atoms in total. The molecule has 1 heterocycles. The molecule has 1 aromatic rings. The summed E-state index contributed by atoms with van der Waals surface area (Å²) in [4.78, 5) is 15.7. The summed E-state index contributed by atoms with van der Waals surface area (Å²) in [5.74, 6) is 0.248. The van der Waals surface area contributed by atoms with E-state index in [9.17, 15) is 4.79 Å². The highest BCUT2D eigenvalue weighted by atomic mass is 16.6. The Bertz CT molecular complexity index is 356. The van der Waals surface area contributed by atoms with Gasteiger partial charge in [-0.1, -0.05) is 6.07 Å². The molecule has 0 aliphatic heterocycles. The number of carbonyl (C=O) groups excluding carboxylic acids is 1. The molecule has 4 heteroatoms. The minimum absolute atomic E-state index is 0.316. The Balaban J connectivity index is 2.82. The van der Waals surface area contributed by atoms with Gasteiger partial charge in [-0.3, -0.25) is 0 Å². The average molecular weight is 208 g/mol. The number of nitrogens with zero attached hydrogens (tertiary/aromatic N) is 1. The molecule has 0 aliphatic rings. The van der Waals surface area contributed by atoms with Gasteiger partial charge in [0, 0.05) is 7.05 Å². The largest absolute Gasteiger partial charge is 0.455 e. The van der Waals surface area contributed by atoms with Gasteiger partial charge in [0.15, 0.2) is 5.69 Å². The first-order valence-electron chi connectivity index (χ1n) is 4.80. The van der Waals surface area contributed by atoms with Crippen LogP contribution in [0.1, 0.15) is 31.3 Å². The topological polar surface area (TPSA) is 51.2 Å². The highest BCUT2D eigenvalue weighted by Crippen LogP contribution is 2.12. The first-order valence-corrected chi connectivity index (χ1v) is 4.80. The molecule has 0 fully saturated rings. The summed E-state index contributed by atoms with van der Waals surface area (Å²) in [6, 6.07) is 5.18. The lowest BCUT2D eigenvalue weighted by Crippen LogP contribution is -2.24. The molecule has 1 rings (SSSR count). The van der Waals surface area contributed by atoms with E-state index in [1.54, 1.807) is 25.2 Å². The van der Waals surface area contributed by atoms with Crippen LogP contribution in [-0.2, 0) is 4.74 Å². The number of rotatable bonds is 2. The first kappa shape index (κ1) is 11.5. The van der Waals surface area contributed by atoms with Crippen LogP contribution < -0.4 is 5.32 Å². The van der Waals surface area contributed by atoms with Gasteiger partial charge in [0.05, 0.1) is 0 Å². The highest BCUT2D eigenvalue weighted by Gasteiger charge is 2.18. The van der Waals surface area contributed by atoms with Gasteiger partial charge in [-0.15, -0.1) is 0 Å². The predicted molar refractivity (Wildman–Crippen MR) is 59.0 cm³/mol. The number of anilines is 1. The van der Waals surface area contributed by atoms with Gasteiger partial charge in [0.25, 0.3) is 0 Å². The van der Waals surface area contributed by atoms with Crippen LogP contribution in [0, 0.1) is 0 Å². The summed E-state index contributed by atoms with van der Waals surface area (Å²) < 4.78 is 5.19. The van der Waals surface area contributed by atoms with Gasteiger partial charge in [0.1, 0.15) is 11.4 Å². The maximum absolute atomic E-state index is 11.6. The number of aromatic nitrogens is 1. The Morgan fingerprint density at radius 3 is 2.60 bits per heavy atom. The second-order valence-electron chi connectivity index (χ2n) is 4.16. The van der Waals surface area contributed by atoms with Crippen molar-refractivity contribution in [1.82, 2.24) is 4.98 Å². The zero-order chi connectivity index (χ0) is 11.5. The van der Waals surface area contributed by atoms with Gasteiger partial charge in [-0.2, -0.15) is 0 Å². The Hall–Kier alpha value is -1.58. The zero-order valence-corrected chi connectivity index (χ0v) is 9.50. The van der Waals surface area contributed by atoms with E-state index in [0.29, 0.717) is 11.5 Å². The normalized spacial score (nSPS) is 10.9. The SMILES string of the molecule is CNc1cccc(C(=O)OC(C)(C)C)n1. The fourth-order valence-electron chi connectivity index (χ4n) is 1.02. The summed E-state index contributed by atoms with van der Waals surface area (Å²) in [5.41, 5.74) is -0.175. The second kappa shape index (κ2) is 4.29. The molecule has 0 amide bonds.